The van der Waals surface area contributed by atoms with Gasteiger partial charge in [0, 0.05) is 22.4 Å². The number of nitro groups is 1. The normalized spacial score (nSPS) is 11.0. The third-order valence-electron chi connectivity index (χ3n) is 1.99. The monoisotopic (exact) mass is 254 g/mol. The van der Waals surface area contributed by atoms with Crippen molar-refractivity contribution in [2.45, 2.75) is 25.7 Å². The fourth-order valence-corrected chi connectivity index (χ4v) is 1.68. The molecule has 0 heterocycles. The van der Waals surface area contributed by atoms with E-state index in [0.717, 1.165) is 16.8 Å². The minimum absolute atomic E-state index is 0.0384. The van der Waals surface area contributed by atoms with Crippen molar-refractivity contribution in [3.63, 3.8) is 0 Å². The van der Waals surface area contributed by atoms with Crippen molar-refractivity contribution in [2.75, 3.05) is 0 Å². The molecule has 0 aliphatic carbocycles. The molecule has 0 fully saturated rings. The molecule has 92 valence electrons. The van der Waals surface area contributed by atoms with Gasteiger partial charge in [-0.3, -0.25) is 19.6 Å². The molecule has 1 N–H and O–H groups in total. The van der Waals surface area contributed by atoms with E-state index in [0.29, 0.717) is 0 Å². The van der Waals surface area contributed by atoms with E-state index >= 15 is 0 Å². The molecular weight excluding hydrogens is 240 g/mol. The van der Waals surface area contributed by atoms with Crippen LogP contribution < -0.4 is 4.72 Å². The van der Waals surface area contributed by atoms with Gasteiger partial charge in [0.15, 0.2) is 0 Å². The molecule has 1 aromatic rings. The summed E-state index contributed by atoms with van der Waals surface area (Å²) < 4.78 is 2.70. The number of hydrogen-bond acceptors (Lipinski definition) is 4. The van der Waals surface area contributed by atoms with Crippen LogP contribution >= 0.6 is 11.9 Å². The van der Waals surface area contributed by atoms with Crippen molar-refractivity contribution < 1.29 is 9.72 Å². The van der Waals surface area contributed by atoms with E-state index in [9.17, 15) is 14.9 Å². The molecule has 0 aromatic heterocycles. The molecule has 0 aliphatic rings. The Morgan fingerprint density at radius 3 is 2.24 bits per heavy atom. The summed E-state index contributed by atoms with van der Waals surface area (Å²) in [5.74, 6) is -0.0825. The van der Waals surface area contributed by atoms with Crippen LogP contribution in [0.1, 0.15) is 20.8 Å². The van der Waals surface area contributed by atoms with E-state index in [-0.39, 0.29) is 11.6 Å². The molecule has 0 saturated heterocycles. The molecule has 6 heteroatoms. The van der Waals surface area contributed by atoms with Gasteiger partial charge in [0.05, 0.1) is 4.92 Å². The van der Waals surface area contributed by atoms with Crippen molar-refractivity contribution in [1.82, 2.24) is 4.72 Å². The summed E-state index contributed by atoms with van der Waals surface area (Å²) >= 11 is 1.15. The zero-order chi connectivity index (χ0) is 13.1. The number of carbonyl (C=O) groups excluding carboxylic acids is 1. The van der Waals surface area contributed by atoms with Crippen LogP contribution in [0, 0.1) is 15.5 Å². The average Bonchev–Trinajstić information content (AvgIpc) is 2.25. The number of benzene rings is 1. The molecule has 0 aliphatic heterocycles. The van der Waals surface area contributed by atoms with Crippen molar-refractivity contribution in [3.05, 3.63) is 34.4 Å². The Balaban J connectivity index is 2.59. The first kappa shape index (κ1) is 13.5. The molecule has 0 spiro atoms. The highest BCUT2D eigenvalue weighted by Gasteiger charge is 2.21. The third kappa shape index (κ3) is 4.07. The second-order valence-electron chi connectivity index (χ2n) is 4.53. The van der Waals surface area contributed by atoms with Gasteiger partial charge >= 0.3 is 0 Å². The number of non-ortho nitro benzene ring substituents is 1. The van der Waals surface area contributed by atoms with Gasteiger partial charge in [-0.2, -0.15) is 0 Å². The lowest BCUT2D eigenvalue weighted by Crippen LogP contribution is -2.30. The molecule has 0 bridgehead atoms. The van der Waals surface area contributed by atoms with E-state index in [1.54, 1.807) is 12.1 Å². The Labute approximate surface area is 104 Å². The number of nitrogens with one attached hydrogen (secondary N) is 1. The number of nitrogens with zero attached hydrogens (tertiary/aromatic N) is 1. The predicted octanol–water partition coefficient (Wildman–Crippen LogP) is 2.76. The van der Waals surface area contributed by atoms with Crippen molar-refractivity contribution in [1.29, 1.82) is 0 Å². The molecule has 0 saturated carbocycles. The smallest absolute Gasteiger partial charge is 0.269 e. The summed E-state index contributed by atoms with van der Waals surface area (Å²) in [4.78, 5) is 22.3. The Hall–Kier alpha value is -1.56. The fraction of sp³-hybridized carbons (Fsp3) is 0.364. The molecule has 5 nitrogen and oxygen atoms in total. The van der Waals surface area contributed by atoms with Gasteiger partial charge < -0.3 is 0 Å². The quantitative estimate of drug-likeness (QED) is 0.511. The van der Waals surface area contributed by atoms with Crippen LogP contribution in [0.3, 0.4) is 0 Å². The number of carbonyl (C=O) groups is 1. The molecular formula is C11H14N2O3S. The minimum atomic E-state index is -0.456. The topological polar surface area (TPSA) is 72.2 Å². The third-order valence-corrected chi connectivity index (χ3v) is 2.79. The lowest BCUT2D eigenvalue weighted by Gasteiger charge is -2.16. The van der Waals surface area contributed by atoms with Crippen LogP contribution in [-0.4, -0.2) is 10.8 Å². The maximum Gasteiger partial charge on any atom is 0.269 e. The molecule has 1 amide bonds. The highest BCUT2D eigenvalue weighted by Crippen LogP contribution is 2.21. The summed E-state index contributed by atoms with van der Waals surface area (Å²) in [7, 11) is 0. The van der Waals surface area contributed by atoms with Crippen LogP contribution in [0.2, 0.25) is 0 Å². The molecule has 1 aromatic carbocycles. The Morgan fingerprint density at radius 1 is 1.29 bits per heavy atom. The molecule has 0 atom stereocenters. The van der Waals surface area contributed by atoms with Gasteiger partial charge in [0.1, 0.15) is 0 Å². The number of amides is 1. The Morgan fingerprint density at radius 2 is 1.82 bits per heavy atom. The van der Waals surface area contributed by atoms with Crippen LogP contribution in [0.15, 0.2) is 29.2 Å². The van der Waals surface area contributed by atoms with Crippen molar-refractivity contribution in [3.8, 4) is 0 Å². The van der Waals surface area contributed by atoms with Crippen LogP contribution in [0.4, 0.5) is 5.69 Å². The fourth-order valence-electron chi connectivity index (χ4n) is 0.894. The summed E-state index contributed by atoms with van der Waals surface area (Å²) in [6, 6.07) is 6.02. The summed E-state index contributed by atoms with van der Waals surface area (Å²) in [5.41, 5.74) is -0.412. The Bertz CT molecular complexity index is 423. The first-order chi connectivity index (χ1) is 7.80. The molecule has 17 heavy (non-hydrogen) atoms. The van der Waals surface area contributed by atoms with Crippen LogP contribution in [0.25, 0.3) is 0 Å². The van der Waals surface area contributed by atoms with E-state index in [1.807, 2.05) is 20.8 Å². The SMILES string of the molecule is CC(C)(C)C(=O)NSc1ccc([N+](=O)[O-])cc1. The average molecular weight is 254 g/mol. The van der Waals surface area contributed by atoms with Gasteiger partial charge in [0.25, 0.3) is 5.69 Å². The zero-order valence-corrected chi connectivity index (χ0v) is 10.7. The number of rotatable bonds is 3. The van der Waals surface area contributed by atoms with E-state index in [4.69, 9.17) is 0 Å². The van der Waals surface area contributed by atoms with Gasteiger partial charge in [-0.05, 0) is 24.1 Å². The number of nitro benzene ring substituents is 1. The highest BCUT2D eigenvalue weighted by molar-refractivity contribution is 7.98. The van der Waals surface area contributed by atoms with Crippen LogP contribution in [-0.2, 0) is 4.79 Å². The van der Waals surface area contributed by atoms with Gasteiger partial charge in [-0.15, -0.1) is 0 Å². The standard InChI is InChI=1S/C11H14N2O3S/c1-11(2,3)10(14)12-17-9-6-4-8(5-7-9)13(15)16/h4-7H,1-3H3,(H,12,14). The molecule has 1 rings (SSSR count). The zero-order valence-electron chi connectivity index (χ0n) is 9.89. The molecule has 0 radical (unpaired) electrons. The second-order valence-corrected chi connectivity index (χ2v) is 5.41. The summed E-state index contributed by atoms with van der Waals surface area (Å²) in [5, 5.41) is 10.4. The number of hydrogen-bond donors (Lipinski definition) is 1. The minimum Gasteiger partial charge on any atom is -0.296 e. The second kappa shape index (κ2) is 5.18. The van der Waals surface area contributed by atoms with E-state index in [2.05, 4.69) is 4.72 Å². The lowest BCUT2D eigenvalue weighted by molar-refractivity contribution is -0.384. The van der Waals surface area contributed by atoms with Gasteiger partial charge in [-0.1, -0.05) is 20.8 Å². The van der Waals surface area contributed by atoms with Gasteiger partial charge in [0.2, 0.25) is 5.91 Å². The van der Waals surface area contributed by atoms with Gasteiger partial charge in [-0.25, -0.2) is 0 Å². The molecule has 0 unspecified atom stereocenters. The first-order valence-corrected chi connectivity index (χ1v) is 5.84. The van der Waals surface area contributed by atoms with E-state index in [1.165, 1.54) is 12.1 Å². The first-order valence-electron chi connectivity index (χ1n) is 5.02. The maximum atomic E-state index is 11.6. The largest absolute Gasteiger partial charge is 0.296 e. The Kier molecular flexibility index (Phi) is 4.11. The van der Waals surface area contributed by atoms with Crippen molar-refractivity contribution in [2.24, 2.45) is 5.41 Å². The highest BCUT2D eigenvalue weighted by atomic mass is 32.2. The summed E-state index contributed by atoms with van der Waals surface area (Å²) in [6.07, 6.45) is 0. The predicted molar refractivity (Wildman–Crippen MR) is 66.6 cm³/mol. The van der Waals surface area contributed by atoms with Crippen LogP contribution in [0.5, 0.6) is 0 Å². The van der Waals surface area contributed by atoms with E-state index < -0.39 is 10.3 Å². The maximum absolute atomic E-state index is 11.6. The van der Waals surface area contributed by atoms with Crippen molar-refractivity contribution >= 4 is 23.5 Å². The summed E-state index contributed by atoms with van der Waals surface area (Å²) in [6.45, 7) is 5.45. The lowest BCUT2D eigenvalue weighted by atomic mass is 9.96.